The Morgan fingerprint density at radius 2 is 1.84 bits per heavy atom. The van der Waals surface area contributed by atoms with E-state index in [0.717, 1.165) is 34.5 Å². The molecule has 0 radical (unpaired) electrons. The van der Waals surface area contributed by atoms with Crippen molar-refractivity contribution < 1.29 is 0 Å². The zero-order valence-corrected chi connectivity index (χ0v) is 12.2. The van der Waals surface area contributed by atoms with E-state index < -0.39 is 0 Å². The summed E-state index contributed by atoms with van der Waals surface area (Å²) in [6, 6.07) is 6.39. The minimum Gasteiger partial charge on any atom is -0.381 e. The molecule has 1 aromatic carbocycles. The van der Waals surface area contributed by atoms with Crippen LogP contribution in [0.3, 0.4) is 0 Å². The summed E-state index contributed by atoms with van der Waals surface area (Å²) in [5, 5.41) is 3.33. The fourth-order valence-electron chi connectivity index (χ4n) is 1.81. The Balaban J connectivity index is 2.88. The molecular weight excluding hydrogens is 230 g/mol. The summed E-state index contributed by atoms with van der Waals surface area (Å²) in [6.45, 7) is 18.7. The van der Waals surface area contributed by atoms with Crippen molar-refractivity contribution in [1.82, 2.24) is 5.32 Å². The predicted octanol–water partition coefficient (Wildman–Crippen LogP) is 4.72. The highest BCUT2D eigenvalue weighted by Crippen LogP contribution is 2.20. The van der Waals surface area contributed by atoms with Gasteiger partial charge < -0.3 is 5.32 Å². The average molecular weight is 253 g/mol. The van der Waals surface area contributed by atoms with Crippen LogP contribution < -0.4 is 5.32 Å². The van der Waals surface area contributed by atoms with E-state index in [1.165, 1.54) is 5.56 Å². The van der Waals surface area contributed by atoms with E-state index in [4.69, 9.17) is 0 Å². The van der Waals surface area contributed by atoms with Crippen molar-refractivity contribution in [2.45, 2.75) is 20.8 Å². The summed E-state index contributed by atoms with van der Waals surface area (Å²) >= 11 is 0. The first-order chi connectivity index (χ1) is 8.97. The van der Waals surface area contributed by atoms with Gasteiger partial charge in [-0.1, -0.05) is 43.5 Å². The Bertz CT molecular complexity index is 533. The van der Waals surface area contributed by atoms with Gasteiger partial charge in [0.15, 0.2) is 0 Å². The maximum absolute atomic E-state index is 4.10. The van der Waals surface area contributed by atoms with Crippen molar-refractivity contribution in [3.63, 3.8) is 0 Å². The third-order valence-corrected chi connectivity index (χ3v) is 3.06. The maximum Gasteiger partial charge on any atom is 0.0397 e. The maximum atomic E-state index is 4.10. The van der Waals surface area contributed by atoms with Gasteiger partial charge in [-0.25, -0.2) is 0 Å². The van der Waals surface area contributed by atoms with Gasteiger partial charge in [0.25, 0.3) is 0 Å². The van der Waals surface area contributed by atoms with Crippen LogP contribution in [0.2, 0.25) is 0 Å². The molecule has 0 fully saturated rings. The molecule has 0 saturated carbocycles. The minimum absolute atomic E-state index is 0.745. The van der Waals surface area contributed by atoms with Gasteiger partial charge in [-0.15, -0.1) is 0 Å². The highest BCUT2D eigenvalue weighted by molar-refractivity contribution is 5.70. The largest absolute Gasteiger partial charge is 0.381 e. The molecule has 0 atom stereocenters. The monoisotopic (exact) mass is 253 g/mol. The summed E-state index contributed by atoms with van der Waals surface area (Å²) < 4.78 is 0. The smallest absolute Gasteiger partial charge is 0.0397 e. The fourth-order valence-corrected chi connectivity index (χ4v) is 1.81. The summed E-state index contributed by atoms with van der Waals surface area (Å²) in [7, 11) is 0. The van der Waals surface area contributed by atoms with Crippen LogP contribution in [0.4, 0.5) is 0 Å². The first kappa shape index (κ1) is 15.0. The molecule has 0 bridgehead atoms. The van der Waals surface area contributed by atoms with Crippen molar-refractivity contribution in [2.75, 3.05) is 6.54 Å². The van der Waals surface area contributed by atoms with Crippen LogP contribution in [0, 0.1) is 6.92 Å². The first-order valence-corrected chi connectivity index (χ1v) is 6.46. The van der Waals surface area contributed by atoms with E-state index in [2.05, 4.69) is 50.2 Å². The van der Waals surface area contributed by atoms with Gasteiger partial charge in [0.05, 0.1) is 0 Å². The van der Waals surface area contributed by atoms with Gasteiger partial charge in [-0.3, -0.25) is 0 Å². The zero-order valence-electron chi connectivity index (χ0n) is 12.2. The van der Waals surface area contributed by atoms with Gasteiger partial charge in [0, 0.05) is 12.2 Å². The summed E-state index contributed by atoms with van der Waals surface area (Å²) in [5.41, 5.74) is 6.64. The van der Waals surface area contributed by atoms with Crippen LogP contribution in [-0.4, -0.2) is 6.54 Å². The fraction of sp³-hybridized carbons (Fsp3) is 0.222. The van der Waals surface area contributed by atoms with Crippen LogP contribution in [-0.2, 0) is 0 Å². The molecule has 0 aliphatic rings. The van der Waals surface area contributed by atoms with E-state index in [1.807, 2.05) is 26.0 Å². The van der Waals surface area contributed by atoms with E-state index >= 15 is 0 Å². The van der Waals surface area contributed by atoms with Crippen LogP contribution in [0.15, 0.2) is 55.7 Å². The van der Waals surface area contributed by atoms with E-state index in [0.29, 0.717) is 0 Å². The molecule has 1 aromatic rings. The third-order valence-electron chi connectivity index (χ3n) is 3.06. The lowest BCUT2D eigenvalue weighted by Gasteiger charge is -2.13. The number of nitrogens with one attached hydrogen (secondary N) is 1. The molecular formula is C18H23N. The highest BCUT2D eigenvalue weighted by Gasteiger charge is 2.03. The predicted molar refractivity (Wildman–Crippen MR) is 86.9 cm³/mol. The van der Waals surface area contributed by atoms with Crippen LogP contribution in [0.25, 0.3) is 11.3 Å². The molecule has 0 aliphatic heterocycles. The van der Waals surface area contributed by atoms with Gasteiger partial charge in [-0.2, -0.15) is 0 Å². The molecule has 0 amide bonds. The van der Waals surface area contributed by atoms with E-state index in [9.17, 15) is 0 Å². The molecule has 1 rings (SSSR count). The summed E-state index contributed by atoms with van der Waals surface area (Å²) in [6.07, 6.45) is 3.90. The van der Waals surface area contributed by atoms with E-state index in [1.54, 1.807) is 0 Å². The number of hydrogen-bond donors (Lipinski definition) is 1. The Morgan fingerprint density at radius 1 is 1.21 bits per heavy atom. The average Bonchev–Trinajstić information content (AvgIpc) is 2.38. The second kappa shape index (κ2) is 6.79. The first-order valence-electron chi connectivity index (χ1n) is 6.46. The lowest BCUT2D eigenvalue weighted by Crippen LogP contribution is -2.14. The Labute approximate surface area is 117 Å². The molecule has 0 saturated heterocycles. The topological polar surface area (TPSA) is 12.0 Å². The zero-order chi connectivity index (χ0) is 14.4. The molecule has 0 aromatic heterocycles. The molecule has 19 heavy (non-hydrogen) atoms. The van der Waals surface area contributed by atoms with Crippen LogP contribution in [0.1, 0.15) is 30.5 Å². The molecule has 0 spiro atoms. The number of hydrogen-bond acceptors (Lipinski definition) is 1. The molecule has 1 heteroatoms. The van der Waals surface area contributed by atoms with Crippen LogP contribution in [0.5, 0.6) is 0 Å². The van der Waals surface area contributed by atoms with Crippen molar-refractivity contribution >= 4 is 11.3 Å². The number of rotatable bonds is 6. The van der Waals surface area contributed by atoms with Gasteiger partial charge >= 0.3 is 0 Å². The SMILES string of the molecule is C=C/C(=C\C)CNC(=C)c1cc(C)cc(C(=C)C)c1. The third kappa shape index (κ3) is 4.29. The number of aryl methyl sites for hydroxylation is 1. The van der Waals surface area contributed by atoms with Crippen molar-refractivity contribution in [2.24, 2.45) is 0 Å². The molecule has 0 aliphatic carbocycles. The summed E-state index contributed by atoms with van der Waals surface area (Å²) in [5.74, 6) is 0. The lowest BCUT2D eigenvalue weighted by molar-refractivity contribution is 0.977. The lowest BCUT2D eigenvalue weighted by atomic mass is 10.0. The molecule has 0 unspecified atom stereocenters. The molecule has 1 nitrogen and oxygen atoms in total. The highest BCUT2D eigenvalue weighted by atomic mass is 14.9. The van der Waals surface area contributed by atoms with Crippen molar-refractivity contribution in [1.29, 1.82) is 0 Å². The molecule has 100 valence electrons. The Morgan fingerprint density at radius 3 is 2.37 bits per heavy atom. The minimum atomic E-state index is 0.745. The Hall–Kier alpha value is -2.02. The molecule has 1 N–H and O–H groups in total. The molecule has 0 heterocycles. The second-order valence-electron chi connectivity index (χ2n) is 4.77. The Kier molecular flexibility index (Phi) is 5.37. The van der Waals surface area contributed by atoms with Crippen molar-refractivity contribution in [3.05, 3.63) is 72.4 Å². The second-order valence-corrected chi connectivity index (χ2v) is 4.77. The summed E-state index contributed by atoms with van der Waals surface area (Å²) in [4.78, 5) is 0. The van der Waals surface area contributed by atoms with E-state index in [-0.39, 0.29) is 0 Å². The van der Waals surface area contributed by atoms with Crippen LogP contribution >= 0.6 is 0 Å². The van der Waals surface area contributed by atoms with Gasteiger partial charge in [-0.05, 0) is 55.2 Å². The standard InChI is InChI=1S/C18H23N/c1-7-16(8-2)12-19-15(6)18-10-14(5)9-17(11-18)13(3)4/h7-11,19H,1,3,6,12H2,2,4-5H3/b16-8+. The van der Waals surface area contributed by atoms with Crippen molar-refractivity contribution in [3.8, 4) is 0 Å². The number of benzene rings is 1. The quantitative estimate of drug-likeness (QED) is 0.723. The van der Waals surface area contributed by atoms with Gasteiger partial charge in [0.1, 0.15) is 0 Å². The number of allylic oxidation sites excluding steroid dienone is 2. The normalized spacial score (nSPS) is 11.0. The van der Waals surface area contributed by atoms with Gasteiger partial charge in [0.2, 0.25) is 0 Å².